The van der Waals surface area contributed by atoms with Crippen LogP contribution < -0.4 is 4.72 Å². The van der Waals surface area contributed by atoms with Gasteiger partial charge in [0.2, 0.25) is 0 Å². The molecular formula is C9H7Br2N3O4S2. The molecule has 0 fully saturated rings. The Morgan fingerprint density at radius 1 is 1.50 bits per heavy atom. The van der Waals surface area contributed by atoms with E-state index < -0.39 is 16.0 Å². The molecule has 2 heterocycles. The molecular weight excluding hydrogens is 438 g/mol. The number of carboxylic acid groups (broad SMARTS) is 1. The third kappa shape index (κ3) is 3.59. The first-order valence-corrected chi connectivity index (χ1v) is 8.88. The molecule has 0 aliphatic carbocycles. The summed E-state index contributed by atoms with van der Waals surface area (Å²) in [5.74, 6) is -1.06. The minimum atomic E-state index is -3.76. The molecule has 0 saturated carbocycles. The Morgan fingerprint density at radius 3 is 2.75 bits per heavy atom. The highest BCUT2D eigenvalue weighted by Gasteiger charge is 2.21. The van der Waals surface area contributed by atoms with Gasteiger partial charge in [0.25, 0.3) is 10.0 Å². The quantitative estimate of drug-likeness (QED) is 0.736. The van der Waals surface area contributed by atoms with Gasteiger partial charge >= 0.3 is 5.97 Å². The number of anilines is 1. The molecule has 0 spiro atoms. The average molecular weight is 445 g/mol. The fraction of sp³-hybridized carbons (Fsp3) is 0.111. The zero-order chi connectivity index (χ0) is 14.9. The fourth-order valence-corrected chi connectivity index (χ4v) is 6.20. The molecule has 108 valence electrons. The van der Waals surface area contributed by atoms with Gasteiger partial charge in [-0.3, -0.25) is 14.2 Å². The van der Waals surface area contributed by atoms with Crippen molar-refractivity contribution < 1.29 is 18.3 Å². The standard InChI is InChI=1S/C9H7Br2N3O4S2/c10-7-1-6(9(11)19-7)20(17,18)13-5-2-12-14(3-5)4-8(15)16/h1-3,13H,4H2,(H,15,16). The molecule has 2 rings (SSSR count). The summed E-state index contributed by atoms with van der Waals surface area (Å²) in [7, 11) is -3.76. The van der Waals surface area contributed by atoms with Gasteiger partial charge in [0.15, 0.2) is 0 Å². The molecule has 0 aliphatic rings. The lowest BCUT2D eigenvalue weighted by Crippen LogP contribution is -2.12. The van der Waals surface area contributed by atoms with Gasteiger partial charge in [-0.2, -0.15) is 5.10 Å². The number of carbonyl (C=O) groups is 1. The molecule has 2 aromatic rings. The van der Waals surface area contributed by atoms with Crippen LogP contribution in [0.5, 0.6) is 0 Å². The lowest BCUT2D eigenvalue weighted by atomic mass is 10.6. The van der Waals surface area contributed by atoms with E-state index in [4.69, 9.17) is 5.11 Å². The third-order valence-corrected chi connectivity index (χ3v) is 6.23. The zero-order valence-electron chi connectivity index (χ0n) is 9.58. The SMILES string of the molecule is O=C(O)Cn1cc(NS(=O)(=O)c2cc(Br)sc2Br)cn1. The summed E-state index contributed by atoms with van der Waals surface area (Å²) in [6, 6.07) is 1.47. The normalized spacial score (nSPS) is 11.5. The van der Waals surface area contributed by atoms with Crippen molar-refractivity contribution in [3.8, 4) is 0 Å². The lowest BCUT2D eigenvalue weighted by Gasteiger charge is -2.04. The van der Waals surface area contributed by atoms with Crippen molar-refractivity contribution in [3.63, 3.8) is 0 Å². The highest BCUT2D eigenvalue weighted by Crippen LogP contribution is 2.35. The summed E-state index contributed by atoms with van der Waals surface area (Å²) in [5, 5.41) is 12.4. The van der Waals surface area contributed by atoms with Crippen molar-refractivity contribution in [1.29, 1.82) is 0 Å². The number of hydrogen-bond donors (Lipinski definition) is 2. The van der Waals surface area contributed by atoms with Crippen LogP contribution in [-0.2, 0) is 21.4 Å². The van der Waals surface area contributed by atoms with Crippen LogP contribution in [0.4, 0.5) is 5.69 Å². The number of sulfonamides is 1. The minimum absolute atomic E-state index is 0.0976. The van der Waals surface area contributed by atoms with Gasteiger partial charge in [0, 0.05) is 6.20 Å². The number of carboxylic acids is 1. The van der Waals surface area contributed by atoms with Gasteiger partial charge in [-0.05, 0) is 37.9 Å². The van der Waals surface area contributed by atoms with Crippen LogP contribution in [0.15, 0.2) is 30.9 Å². The molecule has 0 saturated heterocycles. The summed E-state index contributed by atoms with van der Waals surface area (Å²) in [6.07, 6.45) is 2.55. The predicted octanol–water partition coefficient (Wildman–Crippen LogP) is 2.36. The Morgan fingerprint density at radius 2 is 2.20 bits per heavy atom. The number of aliphatic carboxylic acids is 1. The van der Waals surface area contributed by atoms with Crippen LogP contribution in [-0.4, -0.2) is 29.3 Å². The molecule has 0 amide bonds. The van der Waals surface area contributed by atoms with E-state index in [0.717, 1.165) is 4.68 Å². The molecule has 2 N–H and O–H groups in total. The summed E-state index contributed by atoms with van der Waals surface area (Å²) in [4.78, 5) is 10.6. The second-order valence-electron chi connectivity index (χ2n) is 3.61. The Bertz CT molecular complexity index is 753. The third-order valence-electron chi connectivity index (χ3n) is 2.10. The van der Waals surface area contributed by atoms with Gasteiger partial charge in [-0.25, -0.2) is 8.42 Å². The maximum atomic E-state index is 12.2. The second kappa shape index (κ2) is 5.84. The van der Waals surface area contributed by atoms with Crippen molar-refractivity contribution in [2.75, 3.05) is 4.72 Å². The first-order valence-electron chi connectivity index (χ1n) is 5.00. The van der Waals surface area contributed by atoms with Gasteiger partial charge < -0.3 is 5.11 Å². The largest absolute Gasteiger partial charge is 0.480 e. The predicted molar refractivity (Wildman–Crippen MR) is 80.4 cm³/mol. The number of nitrogens with zero attached hydrogens (tertiary/aromatic N) is 2. The molecule has 2 aromatic heterocycles. The number of nitrogens with one attached hydrogen (secondary N) is 1. The molecule has 20 heavy (non-hydrogen) atoms. The molecule has 0 bridgehead atoms. The number of halogens is 2. The first-order chi connectivity index (χ1) is 9.28. The van der Waals surface area contributed by atoms with Crippen LogP contribution >= 0.6 is 43.2 Å². The Balaban J connectivity index is 2.22. The molecule has 0 aliphatic heterocycles. The van der Waals surface area contributed by atoms with Crippen molar-refractivity contribution in [1.82, 2.24) is 9.78 Å². The maximum Gasteiger partial charge on any atom is 0.325 e. The smallest absolute Gasteiger partial charge is 0.325 e. The minimum Gasteiger partial charge on any atom is -0.480 e. The van der Waals surface area contributed by atoms with E-state index >= 15 is 0 Å². The van der Waals surface area contributed by atoms with E-state index in [1.54, 1.807) is 0 Å². The molecule has 0 unspecified atom stereocenters. The van der Waals surface area contributed by atoms with Gasteiger partial charge in [-0.1, -0.05) is 0 Å². The number of aromatic nitrogens is 2. The monoisotopic (exact) mass is 443 g/mol. The molecule has 7 nitrogen and oxygen atoms in total. The summed E-state index contributed by atoms with van der Waals surface area (Å²) < 4.78 is 28.9. The van der Waals surface area contributed by atoms with E-state index in [1.165, 1.54) is 29.8 Å². The molecule has 0 aromatic carbocycles. The highest BCUT2D eigenvalue weighted by molar-refractivity contribution is 9.12. The van der Waals surface area contributed by atoms with Crippen LogP contribution in [0, 0.1) is 0 Å². The van der Waals surface area contributed by atoms with Crippen LogP contribution in [0.2, 0.25) is 0 Å². The summed E-state index contributed by atoms with van der Waals surface area (Å²) in [6.45, 7) is -0.338. The first kappa shape index (κ1) is 15.5. The van der Waals surface area contributed by atoms with Gasteiger partial charge in [0.1, 0.15) is 11.4 Å². The summed E-state index contributed by atoms with van der Waals surface area (Å²) >= 11 is 7.62. The molecule has 0 radical (unpaired) electrons. The van der Waals surface area contributed by atoms with Gasteiger partial charge in [-0.15, -0.1) is 11.3 Å². The lowest BCUT2D eigenvalue weighted by molar-refractivity contribution is -0.137. The Kier molecular flexibility index (Phi) is 4.52. The maximum absolute atomic E-state index is 12.2. The van der Waals surface area contributed by atoms with E-state index in [2.05, 4.69) is 41.7 Å². The van der Waals surface area contributed by atoms with Gasteiger partial charge in [0.05, 0.1) is 19.5 Å². The number of thiophene rings is 1. The number of hydrogen-bond acceptors (Lipinski definition) is 5. The van der Waals surface area contributed by atoms with Crippen molar-refractivity contribution in [2.45, 2.75) is 11.4 Å². The topological polar surface area (TPSA) is 101 Å². The summed E-state index contributed by atoms with van der Waals surface area (Å²) in [5.41, 5.74) is 0.195. The van der Waals surface area contributed by atoms with E-state index in [0.29, 0.717) is 7.57 Å². The van der Waals surface area contributed by atoms with E-state index in [9.17, 15) is 13.2 Å². The van der Waals surface area contributed by atoms with E-state index in [1.807, 2.05) is 0 Å². The van der Waals surface area contributed by atoms with Crippen LogP contribution in [0.25, 0.3) is 0 Å². The molecule has 11 heteroatoms. The number of rotatable bonds is 5. The van der Waals surface area contributed by atoms with Crippen LogP contribution in [0.1, 0.15) is 0 Å². The van der Waals surface area contributed by atoms with Crippen molar-refractivity contribution >= 4 is 64.9 Å². The Hall–Kier alpha value is -0.910. The highest BCUT2D eigenvalue weighted by atomic mass is 79.9. The molecule has 0 atom stereocenters. The zero-order valence-corrected chi connectivity index (χ0v) is 14.4. The van der Waals surface area contributed by atoms with Crippen LogP contribution in [0.3, 0.4) is 0 Å². The second-order valence-corrected chi connectivity index (χ2v) is 9.01. The van der Waals surface area contributed by atoms with Crippen molar-refractivity contribution in [2.24, 2.45) is 0 Å². The fourth-order valence-electron chi connectivity index (χ4n) is 1.36. The Labute approximate surface area is 134 Å². The van der Waals surface area contributed by atoms with Crippen molar-refractivity contribution in [3.05, 3.63) is 26.0 Å². The van der Waals surface area contributed by atoms with E-state index in [-0.39, 0.29) is 17.1 Å². The average Bonchev–Trinajstić information content (AvgIpc) is 2.84.